The van der Waals surface area contributed by atoms with E-state index < -0.39 is 0 Å². The lowest BCUT2D eigenvalue weighted by atomic mass is 10.1. The molecule has 6 nitrogen and oxygen atoms in total. The van der Waals surface area contributed by atoms with Gasteiger partial charge in [0.05, 0.1) is 15.1 Å². The van der Waals surface area contributed by atoms with E-state index in [2.05, 4.69) is 10.3 Å². The Hall–Kier alpha value is -1.73. The van der Waals surface area contributed by atoms with Gasteiger partial charge in [0.25, 0.3) is 0 Å². The number of nitro benzene ring substituents is 1. The zero-order chi connectivity index (χ0) is 13.2. The highest BCUT2D eigenvalue weighted by atomic mass is 32.1. The van der Waals surface area contributed by atoms with E-state index in [1.54, 1.807) is 11.6 Å². The number of rotatable bonds is 3. The normalized spacial score (nSPS) is 16.6. The van der Waals surface area contributed by atoms with E-state index in [0.29, 0.717) is 24.4 Å². The highest BCUT2D eigenvalue weighted by Gasteiger charge is 2.23. The SMILES string of the molecule is O=[N+]([O-])c1c(NC2CCOCC2)ccc2scnc12. The Labute approximate surface area is 113 Å². The molecule has 0 bridgehead atoms. The summed E-state index contributed by atoms with van der Waals surface area (Å²) in [4.78, 5) is 15.0. The summed E-state index contributed by atoms with van der Waals surface area (Å²) in [5.74, 6) is 0. The van der Waals surface area contributed by atoms with Gasteiger partial charge in [0.2, 0.25) is 0 Å². The average molecular weight is 279 g/mol. The molecule has 2 aromatic rings. The molecule has 2 heterocycles. The summed E-state index contributed by atoms with van der Waals surface area (Å²) in [6, 6.07) is 3.87. The second-order valence-corrected chi connectivity index (χ2v) is 5.34. The highest BCUT2D eigenvalue weighted by Crippen LogP contribution is 2.35. The van der Waals surface area contributed by atoms with Gasteiger partial charge in [0, 0.05) is 19.3 Å². The van der Waals surface area contributed by atoms with Crippen LogP contribution in [0.15, 0.2) is 17.6 Å². The molecule has 0 atom stereocenters. The van der Waals surface area contributed by atoms with Crippen molar-refractivity contribution in [3.05, 3.63) is 27.8 Å². The molecule has 100 valence electrons. The summed E-state index contributed by atoms with van der Waals surface area (Å²) >= 11 is 1.41. The first kappa shape index (κ1) is 12.3. The maximum atomic E-state index is 11.3. The van der Waals surface area contributed by atoms with Crippen molar-refractivity contribution in [1.29, 1.82) is 0 Å². The van der Waals surface area contributed by atoms with E-state index in [9.17, 15) is 10.1 Å². The molecule has 19 heavy (non-hydrogen) atoms. The fourth-order valence-corrected chi connectivity index (χ4v) is 2.96. The van der Waals surface area contributed by atoms with Crippen molar-refractivity contribution in [3.8, 4) is 0 Å². The fourth-order valence-electron chi connectivity index (χ4n) is 2.28. The van der Waals surface area contributed by atoms with Gasteiger partial charge in [0.1, 0.15) is 5.69 Å². The minimum absolute atomic E-state index is 0.0743. The first-order valence-corrected chi connectivity index (χ1v) is 6.98. The van der Waals surface area contributed by atoms with E-state index in [1.165, 1.54) is 11.3 Å². The van der Waals surface area contributed by atoms with E-state index in [-0.39, 0.29) is 16.7 Å². The van der Waals surface area contributed by atoms with Gasteiger partial charge in [-0.15, -0.1) is 11.3 Å². The van der Waals surface area contributed by atoms with E-state index in [0.717, 1.165) is 17.5 Å². The van der Waals surface area contributed by atoms with Crippen LogP contribution in [0.25, 0.3) is 10.2 Å². The van der Waals surface area contributed by atoms with Crippen LogP contribution in [0.4, 0.5) is 11.4 Å². The van der Waals surface area contributed by atoms with Crippen molar-refractivity contribution in [3.63, 3.8) is 0 Å². The number of hydrogen-bond donors (Lipinski definition) is 1. The molecule has 0 radical (unpaired) electrons. The summed E-state index contributed by atoms with van der Waals surface area (Å²) in [5, 5.41) is 14.5. The zero-order valence-corrected chi connectivity index (χ0v) is 11.0. The molecule has 1 N–H and O–H groups in total. The van der Waals surface area contributed by atoms with E-state index in [4.69, 9.17) is 4.74 Å². The zero-order valence-electron chi connectivity index (χ0n) is 10.2. The number of nitro groups is 1. The molecule has 1 fully saturated rings. The number of ether oxygens (including phenoxy) is 1. The first-order valence-electron chi connectivity index (χ1n) is 6.10. The Bertz CT molecular complexity index is 607. The molecule has 7 heteroatoms. The van der Waals surface area contributed by atoms with Gasteiger partial charge >= 0.3 is 5.69 Å². The van der Waals surface area contributed by atoms with Crippen LogP contribution in [0.3, 0.4) is 0 Å². The third-order valence-corrected chi connectivity index (χ3v) is 4.03. The third-order valence-electron chi connectivity index (χ3n) is 3.24. The number of anilines is 1. The summed E-state index contributed by atoms with van der Waals surface area (Å²) in [5.41, 5.74) is 2.73. The topological polar surface area (TPSA) is 77.3 Å². The van der Waals surface area contributed by atoms with Crippen LogP contribution in [0.2, 0.25) is 0 Å². The lowest BCUT2D eigenvalue weighted by Gasteiger charge is -2.23. The minimum Gasteiger partial charge on any atom is -0.381 e. The number of aromatic nitrogens is 1. The predicted molar refractivity (Wildman–Crippen MR) is 73.7 cm³/mol. The van der Waals surface area contributed by atoms with Crippen molar-refractivity contribution in [1.82, 2.24) is 4.98 Å². The standard InChI is InChI=1S/C12H13N3O3S/c16-15(17)12-9(14-8-3-5-18-6-4-8)1-2-10-11(12)13-7-19-10/h1-2,7-8,14H,3-6H2. The molecule has 0 aliphatic carbocycles. The largest absolute Gasteiger partial charge is 0.381 e. The number of nitrogens with one attached hydrogen (secondary N) is 1. The van der Waals surface area contributed by atoms with Gasteiger partial charge in [-0.05, 0) is 25.0 Å². The second kappa shape index (κ2) is 5.10. The molecule has 0 unspecified atom stereocenters. The van der Waals surface area contributed by atoms with Gasteiger partial charge in [-0.3, -0.25) is 10.1 Å². The Kier molecular flexibility index (Phi) is 3.31. The van der Waals surface area contributed by atoms with Crippen molar-refractivity contribution in [2.24, 2.45) is 0 Å². The quantitative estimate of drug-likeness (QED) is 0.690. The summed E-state index contributed by atoms with van der Waals surface area (Å²) in [6.45, 7) is 1.40. The number of benzene rings is 1. The highest BCUT2D eigenvalue weighted by molar-refractivity contribution is 7.16. The molecule has 1 aliphatic heterocycles. The molecule has 1 aromatic heterocycles. The van der Waals surface area contributed by atoms with Gasteiger partial charge in [-0.25, -0.2) is 4.98 Å². The van der Waals surface area contributed by atoms with Gasteiger partial charge < -0.3 is 10.1 Å². The lowest BCUT2D eigenvalue weighted by Crippen LogP contribution is -2.28. The van der Waals surface area contributed by atoms with Crippen LogP contribution in [-0.4, -0.2) is 29.2 Å². The summed E-state index contributed by atoms with van der Waals surface area (Å²) < 4.78 is 6.13. The van der Waals surface area contributed by atoms with Gasteiger partial charge in [-0.1, -0.05) is 0 Å². The second-order valence-electron chi connectivity index (χ2n) is 4.45. The van der Waals surface area contributed by atoms with Crippen LogP contribution in [0.5, 0.6) is 0 Å². The monoisotopic (exact) mass is 279 g/mol. The van der Waals surface area contributed by atoms with Crippen LogP contribution >= 0.6 is 11.3 Å². The number of fused-ring (bicyclic) bond motifs is 1. The van der Waals surface area contributed by atoms with Gasteiger partial charge in [0.15, 0.2) is 5.52 Å². The Morgan fingerprint density at radius 1 is 1.42 bits per heavy atom. The van der Waals surface area contributed by atoms with E-state index in [1.807, 2.05) is 6.07 Å². The molecule has 1 aliphatic rings. The van der Waals surface area contributed by atoms with Crippen molar-refractivity contribution >= 4 is 32.9 Å². The maximum Gasteiger partial charge on any atom is 0.319 e. The summed E-state index contributed by atoms with van der Waals surface area (Å²) in [7, 11) is 0. The van der Waals surface area contributed by atoms with Crippen LogP contribution in [0, 0.1) is 10.1 Å². The molecule has 1 saturated heterocycles. The Morgan fingerprint density at radius 2 is 2.21 bits per heavy atom. The van der Waals surface area contributed by atoms with Crippen LogP contribution < -0.4 is 5.32 Å². The number of hydrogen-bond acceptors (Lipinski definition) is 6. The molecule has 0 spiro atoms. The molecule has 1 aromatic carbocycles. The minimum atomic E-state index is -0.357. The van der Waals surface area contributed by atoms with Gasteiger partial charge in [-0.2, -0.15) is 0 Å². The van der Waals surface area contributed by atoms with Crippen molar-refractivity contribution < 1.29 is 9.66 Å². The Morgan fingerprint density at radius 3 is 2.95 bits per heavy atom. The smallest absolute Gasteiger partial charge is 0.319 e. The van der Waals surface area contributed by atoms with Crippen molar-refractivity contribution in [2.45, 2.75) is 18.9 Å². The lowest BCUT2D eigenvalue weighted by molar-refractivity contribution is -0.382. The maximum absolute atomic E-state index is 11.3. The first-order chi connectivity index (χ1) is 9.25. The average Bonchev–Trinajstić information content (AvgIpc) is 2.87. The molecular weight excluding hydrogens is 266 g/mol. The fraction of sp³-hybridized carbons (Fsp3) is 0.417. The third kappa shape index (κ3) is 2.39. The molecule has 0 saturated carbocycles. The molecule has 3 rings (SSSR count). The van der Waals surface area contributed by atoms with Crippen LogP contribution in [-0.2, 0) is 4.74 Å². The van der Waals surface area contributed by atoms with Crippen LogP contribution in [0.1, 0.15) is 12.8 Å². The summed E-state index contributed by atoms with van der Waals surface area (Å²) in [6.07, 6.45) is 1.73. The predicted octanol–water partition coefficient (Wildman–Crippen LogP) is 2.80. The molecular formula is C12H13N3O3S. The number of thiazole rings is 1. The van der Waals surface area contributed by atoms with Crippen molar-refractivity contribution in [2.75, 3.05) is 18.5 Å². The Balaban J connectivity index is 1.97. The number of nitrogens with zero attached hydrogens (tertiary/aromatic N) is 2. The molecule has 0 amide bonds. The van der Waals surface area contributed by atoms with E-state index >= 15 is 0 Å².